The van der Waals surface area contributed by atoms with E-state index in [9.17, 15) is 18.3 Å². The molecule has 1 saturated heterocycles. The van der Waals surface area contributed by atoms with E-state index < -0.39 is 17.8 Å². The molecule has 2 heterocycles. The fourth-order valence-corrected chi connectivity index (χ4v) is 3.16. The molecule has 1 fully saturated rings. The Kier molecular flexibility index (Phi) is 5.50. The van der Waals surface area contributed by atoms with Crippen LogP contribution in [0.25, 0.3) is 0 Å². The van der Waals surface area contributed by atoms with Crippen molar-refractivity contribution in [1.29, 1.82) is 0 Å². The fourth-order valence-electron chi connectivity index (χ4n) is 3.16. The Morgan fingerprint density at radius 3 is 2.62 bits per heavy atom. The summed E-state index contributed by atoms with van der Waals surface area (Å²) in [6.07, 6.45) is -1.41. The molecular formula is C17H25F3N2O2. The van der Waals surface area contributed by atoms with Gasteiger partial charge in [-0.05, 0) is 39.5 Å². The summed E-state index contributed by atoms with van der Waals surface area (Å²) in [5.41, 5.74) is -0.502. The Morgan fingerprint density at radius 1 is 1.29 bits per heavy atom. The molecule has 1 aromatic rings. The highest BCUT2D eigenvalue weighted by Crippen LogP contribution is 2.36. The van der Waals surface area contributed by atoms with Crippen LogP contribution in [0.5, 0.6) is 11.6 Å². The molecule has 136 valence electrons. The van der Waals surface area contributed by atoms with Gasteiger partial charge in [0.2, 0.25) is 5.88 Å². The van der Waals surface area contributed by atoms with E-state index in [1.54, 1.807) is 0 Å². The van der Waals surface area contributed by atoms with Gasteiger partial charge in [0.25, 0.3) is 0 Å². The molecule has 1 aromatic heterocycles. The summed E-state index contributed by atoms with van der Waals surface area (Å²) >= 11 is 0. The monoisotopic (exact) mass is 346 g/mol. The zero-order chi connectivity index (χ0) is 18.0. The van der Waals surface area contributed by atoms with Gasteiger partial charge in [0.1, 0.15) is 23.2 Å². The lowest BCUT2D eigenvalue weighted by Crippen LogP contribution is -2.49. The minimum Gasteiger partial charge on any atom is -0.508 e. The number of aromatic hydroxyl groups is 1. The average Bonchev–Trinajstić information content (AvgIpc) is 2.45. The van der Waals surface area contributed by atoms with E-state index in [1.165, 1.54) is 17.0 Å². The highest BCUT2D eigenvalue weighted by atomic mass is 19.4. The maximum absolute atomic E-state index is 13.3. The van der Waals surface area contributed by atoms with Gasteiger partial charge >= 0.3 is 6.18 Å². The Labute approximate surface area is 140 Å². The Hall–Kier alpha value is -1.66. The molecule has 4 nitrogen and oxygen atoms in total. The van der Waals surface area contributed by atoms with Crippen LogP contribution in [0.2, 0.25) is 0 Å². The van der Waals surface area contributed by atoms with Crippen molar-refractivity contribution in [3.8, 4) is 11.6 Å². The minimum atomic E-state index is -4.32. The van der Waals surface area contributed by atoms with Crippen LogP contribution in [0.4, 0.5) is 19.0 Å². The van der Waals surface area contributed by atoms with Crippen LogP contribution in [0.1, 0.15) is 52.9 Å². The van der Waals surface area contributed by atoms with Crippen LogP contribution in [0.15, 0.2) is 12.1 Å². The van der Waals surface area contributed by atoms with Gasteiger partial charge in [-0.3, -0.25) is 0 Å². The summed E-state index contributed by atoms with van der Waals surface area (Å²) < 4.78 is 45.7. The van der Waals surface area contributed by atoms with Crippen LogP contribution < -0.4 is 9.64 Å². The van der Waals surface area contributed by atoms with E-state index >= 15 is 0 Å². The number of halogens is 3. The van der Waals surface area contributed by atoms with Crippen molar-refractivity contribution in [2.45, 2.75) is 70.7 Å². The van der Waals surface area contributed by atoms with Crippen molar-refractivity contribution < 1.29 is 23.0 Å². The summed E-state index contributed by atoms with van der Waals surface area (Å²) in [6, 6.07) is 1.04. The highest BCUT2D eigenvalue weighted by Gasteiger charge is 2.45. The van der Waals surface area contributed by atoms with E-state index in [0.29, 0.717) is 12.8 Å². The molecule has 0 spiro atoms. The second-order valence-electron chi connectivity index (χ2n) is 6.88. The Balaban J connectivity index is 2.29. The molecule has 1 aliphatic heterocycles. The highest BCUT2D eigenvalue weighted by molar-refractivity contribution is 5.48. The molecule has 0 radical (unpaired) electrons. The molecule has 7 heteroatoms. The molecule has 0 amide bonds. The van der Waals surface area contributed by atoms with Gasteiger partial charge in [-0.15, -0.1) is 0 Å². The first-order valence-electron chi connectivity index (χ1n) is 8.36. The van der Waals surface area contributed by atoms with Crippen molar-refractivity contribution in [3.63, 3.8) is 0 Å². The predicted molar refractivity (Wildman–Crippen MR) is 86.6 cm³/mol. The Morgan fingerprint density at radius 2 is 2.00 bits per heavy atom. The fraction of sp³-hybridized carbons (Fsp3) is 0.706. The third kappa shape index (κ3) is 4.68. The van der Waals surface area contributed by atoms with Gasteiger partial charge < -0.3 is 14.7 Å². The quantitative estimate of drug-likeness (QED) is 0.842. The number of pyridine rings is 1. The Bertz CT molecular complexity index is 561. The van der Waals surface area contributed by atoms with E-state index in [-0.39, 0.29) is 30.4 Å². The summed E-state index contributed by atoms with van der Waals surface area (Å²) in [4.78, 5) is 5.46. The summed E-state index contributed by atoms with van der Waals surface area (Å²) in [5.74, 6) is 0.114. The number of hydrogen-bond acceptors (Lipinski definition) is 4. The van der Waals surface area contributed by atoms with Crippen molar-refractivity contribution in [1.82, 2.24) is 4.98 Å². The SMILES string of the molecule is CCCC(C)(C)Oc1cc(O)cc(N2CCCC[C@@H]2C(F)(F)F)n1. The van der Waals surface area contributed by atoms with Gasteiger partial charge in [0.05, 0.1) is 0 Å². The third-order valence-electron chi connectivity index (χ3n) is 4.18. The minimum absolute atomic E-state index is 0.0400. The smallest absolute Gasteiger partial charge is 0.408 e. The van der Waals surface area contributed by atoms with Crippen LogP contribution in [0, 0.1) is 0 Å². The number of rotatable bonds is 5. The second-order valence-corrected chi connectivity index (χ2v) is 6.88. The van der Waals surface area contributed by atoms with E-state index in [1.807, 2.05) is 20.8 Å². The lowest BCUT2D eigenvalue weighted by molar-refractivity contribution is -0.152. The van der Waals surface area contributed by atoms with Crippen LogP contribution in [-0.2, 0) is 0 Å². The second kappa shape index (κ2) is 7.07. The molecule has 1 aliphatic rings. The standard InChI is InChI=1S/C17H25F3N2O2/c1-4-8-16(2,3)24-15-11-12(23)10-14(21-15)22-9-6-5-7-13(22)17(18,19)20/h10-11,13H,4-9H2,1-3H3,(H,21,23)/t13-/m1/s1. The van der Waals surface area contributed by atoms with E-state index in [2.05, 4.69) is 4.98 Å². The molecule has 0 saturated carbocycles. The summed E-state index contributed by atoms with van der Waals surface area (Å²) in [5, 5.41) is 9.91. The third-order valence-corrected chi connectivity index (χ3v) is 4.18. The van der Waals surface area contributed by atoms with Gasteiger partial charge in [-0.2, -0.15) is 18.2 Å². The predicted octanol–water partition coefficient (Wildman–Crippen LogP) is 4.67. The number of alkyl halides is 3. The molecule has 1 N–H and O–H groups in total. The first kappa shape index (κ1) is 18.7. The van der Waals surface area contributed by atoms with Crippen LogP contribution >= 0.6 is 0 Å². The maximum Gasteiger partial charge on any atom is 0.408 e. The summed E-state index contributed by atoms with van der Waals surface area (Å²) in [7, 11) is 0. The molecule has 0 unspecified atom stereocenters. The molecule has 1 atom stereocenters. The van der Waals surface area contributed by atoms with Gasteiger partial charge in [-0.25, -0.2) is 0 Å². The normalized spacial score (nSPS) is 19.4. The molecular weight excluding hydrogens is 321 g/mol. The molecule has 0 aliphatic carbocycles. The molecule has 24 heavy (non-hydrogen) atoms. The first-order chi connectivity index (χ1) is 11.1. The largest absolute Gasteiger partial charge is 0.508 e. The van der Waals surface area contributed by atoms with Gasteiger partial charge in [0, 0.05) is 18.7 Å². The van der Waals surface area contributed by atoms with Crippen molar-refractivity contribution in [2.24, 2.45) is 0 Å². The number of hydrogen-bond donors (Lipinski definition) is 1. The molecule has 2 rings (SSSR count). The van der Waals surface area contributed by atoms with Gasteiger partial charge in [-0.1, -0.05) is 13.3 Å². The van der Waals surface area contributed by atoms with Crippen LogP contribution in [0.3, 0.4) is 0 Å². The zero-order valence-corrected chi connectivity index (χ0v) is 14.4. The zero-order valence-electron chi connectivity index (χ0n) is 14.4. The number of anilines is 1. The van der Waals surface area contributed by atoms with E-state index in [0.717, 1.165) is 12.8 Å². The van der Waals surface area contributed by atoms with E-state index in [4.69, 9.17) is 4.74 Å². The lowest BCUT2D eigenvalue weighted by atomic mass is 10.0. The van der Waals surface area contributed by atoms with Crippen LogP contribution in [-0.4, -0.2) is 34.5 Å². The van der Waals surface area contributed by atoms with Crippen molar-refractivity contribution in [2.75, 3.05) is 11.4 Å². The number of nitrogens with zero attached hydrogens (tertiary/aromatic N) is 2. The average molecular weight is 346 g/mol. The number of ether oxygens (including phenoxy) is 1. The molecule has 0 bridgehead atoms. The number of aromatic nitrogens is 1. The van der Waals surface area contributed by atoms with Crippen molar-refractivity contribution >= 4 is 5.82 Å². The summed E-state index contributed by atoms with van der Waals surface area (Å²) in [6.45, 7) is 6.06. The first-order valence-corrected chi connectivity index (χ1v) is 8.36. The lowest BCUT2D eigenvalue weighted by Gasteiger charge is -2.37. The maximum atomic E-state index is 13.3. The topological polar surface area (TPSA) is 45.6 Å². The molecule has 0 aromatic carbocycles. The van der Waals surface area contributed by atoms with Gasteiger partial charge in [0.15, 0.2) is 0 Å². The number of piperidine rings is 1. The van der Waals surface area contributed by atoms with Crippen molar-refractivity contribution in [3.05, 3.63) is 12.1 Å².